The predicted octanol–water partition coefficient (Wildman–Crippen LogP) is -0.211. The van der Waals surface area contributed by atoms with Crippen LogP contribution in [0.1, 0.15) is 11.7 Å². The van der Waals surface area contributed by atoms with Crippen molar-refractivity contribution in [2.75, 3.05) is 44.2 Å². The van der Waals surface area contributed by atoms with Crippen molar-refractivity contribution in [1.82, 2.24) is 35.6 Å². The number of urea groups is 1. The van der Waals surface area contributed by atoms with Gasteiger partial charge in [0, 0.05) is 51.7 Å². The molecule has 1 fully saturated rings. The van der Waals surface area contributed by atoms with Crippen molar-refractivity contribution < 1.29 is 9.32 Å². The number of amides is 2. The standard InChI is InChI=1S/C15H22N8O2/c1-12-20-13(25-21-12)11-19-15(24)18-5-6-22-7-9-23(10-8-22)14-16-3-2-4-17-14/h2-4H,5-11H2,1H3,(H2,18,19,24). The van der Waals surface area contributed by atoms with Gasteiger partial charge in [-0.15, -0.1) is 0 Å². The van der Waals surface area contributed by atoms with Crippen LogP contribution in [0.2, 0.25) is 0 Å². The van der Waals surface area contributed by atoms with Crippen molar-refractivity contribution in [3.63, 3.8) is 0 Å². The molecule has 10 nitrogen and oxygen atoms in total. The lowest BCUT2D eigenvalue weighted by Gasteiger charge is -2.34. The summed E-state index contributed by atoms with van der Waals surface area (Å²) >= 11 is 0. The van der Waals surface area contributed by atoms with Gasteiger partial charge in [-0.1, -0.05) is 5.16 Å². The average molecular weight is 346 g/mol. The van der Waals surface area contributed by atoms with Gasteiger partial charge in [0.1, 0.15) is 0 Å². The summed E-state index contributed by atoms with van der Waals surface area (Å²) in [6.07, 6.45) is 3.51. The quantitative estimate of drug-likeness (QED) is 0.739. The number of carbonyl (C=O) groups excluding carboxylic acids is 1. The van der Waals surface area contributed by atoms with Gasteiger partial charge in [-0.25, -0.2) is 14.8 Å². The largest absolute Gasteiger partial charge is 0.338 e. The molecule has 2 N–H and O–H groups in total. The first-order valence-electron chi connectivity index (χ1n) is 8.26. The van der Waals surface area contributed by atoms with Crippen LogP contribution in [0.4, 0.5) is 10.7 Å². The van der Waals surface area contributed by atoms with Crippen LogP contribution in [0.25, 0.3) is 0 Å². The molecule has 3 heterocycles. The fraction of sp³-hybridized carbons (Fsp3) is 0.533. The van der Waals surface area contributed by atoms with Crippen LogP contribution < -0.4 is 15.5 Å². The Morgan fingerprint density at radius 1 is 1.20 bits per heavy atom. The van der Waals surface area contributed by atoms with Crippen molar-refractivity contribution in [3.8, 4) is 0 Å². The van der Waals surface area contributed by atoms with Crippen molar-refractivity contribution in [2.45, 2.75) is 13.5 Å². The zero-order valence-electron chi connectivity index (χ0n) is 14.2. The minimum atomic E-state index is -0.243. The minimum absolute atomic E-state index is 0.225. The Hall–Kier alpha value is -2.75. The highest BCUT2D eigenvalue weighted by Gasteiger charge is 2.18. The van der Waals surface area contributed by atoms with Gasteiger partial charge in [-0.2, -0.15) is 4.98 Å². The predicted molar refractivity (Wildman–Crippen MR) is 90.0 cm³/mol. The zero-order valence-corrected chi connectivity index (χ0v) is 14.2. The minimum Gasteiger partial charge on any atom is -0.338 e. The maximum Gasteiger partial charge on any atom is 0.315 e. The molecule has 0 radical (unpaired) electrons. The second-order valence-corrected chi connectivity index (χ2v) is 5.72. The van der Waals surface area contributed by atoms with Gasteiger partial charge in [0.25, 0.3) is 0 Å². The topological polar surface area (TPSA) is 112 Å². The molecular formula is C15H22N8O2. The Kier molecular flexibility index (Phi) is 5.73. The van der Waals surface area contributed by atoms with Crippen LogP contribution in [0.15, 0.2) is 23.0 Å². The van der Waals surface area contributed by atoms with E-state index in [4.69, 9.17) is 4.52 Å². The lowest BCUT2D eigenvalue weighted by molar-refractivity contribution is 0.230. The van der Waals surface area contributed by atoms with E-state index in [0.29, 0.717) is 18.3 Å². The van der Waals surface area contributed by atoms with Gasteiger partial charge >= 0.3 is 6.03 Å². The Bertz CT molecular complexity index is 669. The molecule has 0 aliphatic carbocycles. The summed E-state index contributed by atoms with van der Waals surface area (Å²) in [6, 6.07) is 1.57. The summed E-state index contributed by atoms with van der Waals surface area (Å²) in [5.74, 6) is 1.72. The van der Waals surface area contributed by atoms with E-state index in [0.717, 1.165) is 38.7 Å². The van der Waals surface area contributed by atoms with E-state index < -0.39 is 0 Å². The van der Waals surface area contributed by atoms with E-state index >= 15 is 0 Å². The molecule has 1 aliphatic heterocycles. The fourth-order valence-corrected chi connectivity index (χ4v) is 2.58. The summed E-state index contributed by atoms with van der Waals surface area (Å²) in [5, 5.41) is 9.19. The summed E-state index contributed by atoms with van der Waals surface area (Å²) in [4.78, 5) is 28.8. The molecule has 0 spiro atoms. The summed E-state index contributed by atoms with van der Waals surface area (Å²) in [6.45, 7) is 6.94. The van der Waals surface area contributed by atoms with Crippen molar-refractivity contribution >= 4 is 12.0 Å². The first-order valence-corrected chi connectivity index (χ1v) is 8.26. The molecule has 2 amide bonds. The molecule has 10 heteroatoms. The van der Waals surface area contributed by atoms with E-state index in [-0.39, 0.29) is 12.6 Å². The van der Waals surface area contributed by atoms with Crippen LogP contribution >= 0.6 is 0 Å². The number of piperazine rings is 1. The molecule has 0 aromatic carbocycles. The second kappa shape index (κ2) is 8.38. The summed E-state index contributed by atoms with van der Waals surface area (Å²) in [7, 11) is 0. The first-order chi connectivity index (χ1) is 12.2. The molecule has 0 saturated carbocycles. The van der Waals surface area contributed by atoms with E-state index in [1.807, 2.05) is 6.07 Å². The SMILES string of the molecule is Cc1noc(CNC(=O)NCCN2CCN(c3ncccn3)CC2)n1. The first kappa shape index (κ1) is 17.1. The third kappa shape index (κ3) is 5.11. The lowest BCUT2D eigenvalue weighted by Crippen LogP contribution is -2.49. The van der Waals surface area contributed by atoms with Crippen molar-refractivity contribution in [2.24, 2.45) is 0 Å². The average Bonchev–Trinajstić information content (AvgIpc) is 3.07. The number of carbonyl (C=O) groups is 1. The Morgan fingerprint density at radius 2 is 1.96 bits per heavy atom. The molecule has 3 rings (SSSR count). The maximum atomic E-state index is 11.7. The lowest BCUT2D eigenvalue weighted by atomic mass is 10.3. The molecule has 0 atom stereocenters. The molecule has 0 unspecified atom stereocenters. The zero-order chi connectivity index (χ0) is 17.5. The number of nitrogens with one attached hydrogen (secondary N) is 2. The molecule has 2 aromatic heterocycles. The summed E-state index contributed by atoms with van der Waals surface area (Å²) in [5.41, 5.74) is 0. The third-order valence-corrected chi connectivity index (χ3v) is 3.89. The molecular weight excluding hydrogens is 324 g/mol. The Balaban J connectivity index is 1.30. The van der Waals surface area contributed by atoms with E-state index in [1.54, 1.807) is 19.3 Å². The number of aryl methyl sites for hydroxylation is 1. The highest BCUT2D eigenvalue weighted by Crippen LogP contribution is 2.08. The second-order valence-electron chi connectivity index (χ2n) is 5.72. The van der Waals surface area contributed by atoms with Gasteiger partial charge in [0.2, 0.25) is 11.8 Å². The summed E-state index contributed by atoms with van der Waals surface area (Å²) < 4.78 is 4.93. The molecule has 134 valence electrons. The Labute approximate surface area is 145 Å². The molecule has 1 saturated heterocycles. The van der Waals surface area contributed by atoms with E-state index in [1.165, 1.54) is 0 Å². The molecule has 2 aromatic rings. The molecule has 0 bridgehead atoms. The maximum absolute atomic E-state index is 11.7. The van der Waals surface area contributed by atoms with Crippen LogP contribution in [0.3, 0.4) is 0 Å². The van der Waals surface area contributed by atoms with Gasteiger partial charge in [0.15, 0.2) is 5.82 Å². The van der Waals surface area contributed by atoms with Crippen LogP contribution in [-0.4, -0.2) is 70.3 Å². The van der Waals surface area contributed by atoms with Gasteiger partial charge < -0.3 is 20.1 Å². The normalized spacial score (nSPS) is 15.2. The van der Waals surface area contributed by atoms with Crippen LogP contribution in [0, 0.1) is 6.92 Å². The monoisotopic (exact) mass is 346 g/mol. The number of nitrogens with zero attached hydrogens (tertiary/aromatic N) is 6. The van der Waals surface area contributed by atoms with Gasteiger partial charge in [-0.05, 0) is 13.0 Å². The fourth-order valence-electron chi connectivity index (χ4n) is 2.58. The van der Waals surface area contributed by atoms with E-state index in [2.05, 4.69) is 40.5 Å². The molecule has 25 heavy (non-hydrogen) atoms. The van der Waals surface area contributed by atoms with Crippen LogP contribution in [-0.2, 0) is 6.54 Å². The van der Waals surface area contributed by atoms with Crippen LogP contribution in [0.5, 0.6) is 0 Å². The highest BCUT2D eigenvalue weighted by atomic mass is 16.5. The van der Waals surface area contributed by atoms with Gasteiger partial charge in [-0.3, -0.25) is 4.90 Å². The highest BCUT2D eigenvalue weighted by molar-refractivity contribution is 5.73. The van der Waals surface area contributed by atoms with E-state index in [9.17, 15) is 4.79 Å². The number of aromatic nitrogens is 4. The van der Waals surface area contributed by atoms with Gasteiger partial charge in [0.05, 0.1) is 6.54 Å². The number of hydrogen-bond acceptors (Lipinski definition) is 8. The van der Waals surface area contributed by atoms with Crippen molar-refractivity contribution in [3.05, 3.63) is 30.2 Å². The number of hydrogen-bond donors (Lipinski definition) is 2. The Morgan fingerprint density at radius 3 is 2.64 bits per heavy atom. The number of anilines is 1. The van der Waals surface area contributed by atoms with Crippen molar-refractivity contribution in [1.29, 1.82) is 0 Å². The molecule has 1 aliphatic rings. The third-order valence-electron chi connectivity index (χ3n) is 3.89. The number of rotatable bonds is 6. The smallest absolute Gasteiger partial charge is 0.315 e.